The summed E-state index contributed by atoms with van der Waals surface area (Å²) in [5, 5.41) is 9.13. The Morgan fingerprint density at radius 2 is 2.12 bits per heavy atom. The SMILES string of the molecule is CSCCCn1c2nc(=O)[nH]c(=O)c-2nc2cc(C(=O)O)ccc21. The number of hydrogen-bond donors (Lipinski definition) is 2. The predicted molar refractivity (Wildman–Crippen MR) is 91.0 cm³/mol. The molecule has 0 saturated heterocycles. The Hall–Kier alpha value is -2.68. The Morgan fingerprint density at radius 1 is 1.33 bits per heavy atom. The summed E-state index contributed by atoms with van der Waals surface area (Å²) in [5.74, 6) is 0.0361. The van der Waals surface area contributed by atoms with Gasteiger partial charge in [-0.25, -0.2) is 14.6 Å². The molecule has 1 aromatic rings. The van der Waals surface area contributed by atoms with Gasteiger partial charge in [0, 0.05) is 6.54 Å². The fraction of sp³-hybridized carbons (Fsp3) is 0.267. The first-order valence-electron chi connectivity index (χ1n) is 7.18. The van der Waals surface area contributed by atoms with E-state index in [9.17, 15) is 14.4 Å². The van der Waals surface area contributed by atoms with E-state index in [0.29, 0.717) is 17.6 Å². The molecule has 0 aliphatic carbocycles. The second-order valence-electron chi connectivity index (χ2n) is 5.16. The lowest BCUT2D eigenvalue weighted by Crippen LogP contribution is -2.29. The second kappa shape index (κ2) is 6.44. The monoisotopic (exact) mass is 346 g/mol. The van der Waals surface area contributed by atoms with E-state index in [2.05, 4.69) is 15.0 Å². The van der Waals surface area contributed by atoms with Crippen LogP contribution in [0.1, 0.15) is 16.8 Å². The molecule has 2 aliphatic heterocycles. The summed E-state index contributed by atoms with van der Waals surface area (Å²) in [5.41, 5.74) is -0.257. The molecule has 9 heteroatoms. The van der Waals surface area contributed by atoms with Crippen molar-refractivity contribution in [3.63, 3.8) is 0 Å². The van der Waals surface area contributed by atoms with Crippen LogP contribution in [0.4, 0.5) is 0 Å². The molecule has 0 fully saturated rings. The third-order valence-electron chi connectivity index (χ3n) is 3.59. The Morgan fingerprint density at radius 3 is 2.83 bits per heavy atom. The van der Waals surface area contributed by atoms with Gasteiger partial charge < -0.3 is 9.67 Å². The molecule has 0 unspecified atom stereocenters. The highest BCUT2D eigenvalue weighted by Gasteiger charge is 2.19. The minimum atomic E-state index is -1.07. The number of nitrogens with zero attached hydrogens (tertiary/aromatic N) is 3. The predicted octanol–water partition coefficient (Wildman–Crippen LogP) is 1.04. The van der Waals surface area contributed by atoms with Crippen LogP contribution < -0.4 is 11.2 Å². The van der Waals surface area contributed by atoms with E-state index in [1.165, 1.54) is 12.1 Å². The molecule has 24 heavy (non-hydrogen) atoms. The number of nitrogens with one attached hydrogen (secondary N) is 1. The number of rotatable bonds is 5. The quantitative estimate of drug-likeness (QED) is 0.523. The molecule has 0 saturated carbocycles. The van der Waals surface area contributed by atoms with Gasteiger partial charge in [-0.2, -0.15) is 16.7 Å². The van der Waals surface area contributed by atoms with Gasteiger partial charge in [-0.1, -0.05) is 0 Å². The number of fused-ring (bicyclic) bond motifs is 2. The first-order chi connectivity index (χ1) is 11.5. The Kier molecular flexibility index (Phi) is 4.34. The molecule has 0 radical (unpaired) electrons. The minimum absolute atomic E-state index is 0.0220. The molecular weight excluding hydrogens is 332 g/mol. The first kappa shape index (κ1) is 16.2. The molecule has 8 nitrogen and oxygen atoms in total. The van der Waals surface area contributed by atoms with E-state index in [-0.39, 0.29) is 17.1 Å². The summed E-state index contributed by atoms with van der Waals surface area (Å²) >= 11 is 1.69. The minimum Gasteiger partial charge on any atom is -0.478 e. The van der Waals surface area contributed by atoms with Crippen LogP contribution in [0.5, 0.6) is 0 Å². The molecule has 1 aromatic carbocycles. The number of aromatic nitrogens is 4. The van der Waals surface area contributed by atoms with Gasteiger partial charge in [0.05, 0.1) is 16.6 Å². The molecule has 0 atom stereocenters. The van der Waals surface area contributed by atoms with Gasteiger partial charge in [0.15, 0.2) is 11.5 Å². The molecule has 0 aromatic heterocycles. The zero-order chi connectivity index (χ0) is 17.3. The number of aromatic carboxylic acids is 1. The summed E-state index contributed by atoms with van der Waals surface area (Å²) in [6.45, 7) is 0.540. The van der Waals surface area contributed by atoms with Gasteiger partial charge in [0.2, 0.25) is 0 Å². The van der Waals surface area contributed by atoms with Crippen molar-refractivity contribution in [3.05, 3.63) is 44.6 Å². The van der Waals surface area contributed by atoms with Crippen LogP contribution in [0.2, 0.25) is 0 Å². The molecular formula is C15H14N4O4S. The van der Waals surface area contributed by atoms with Crippen molar-refractivity contribution in [2.45, 2.75) is 13.0 Å². The number of thioether (sulfide) groups is 1. The van der Waals surface area contributed by atoms with Crippen molar-refractivity contribution in [3.8, 4) is 11.5 Å². The summed E-state index contributed by atoms with van der Waals surface area (Å²) in [6, 6.07) is 4.50. The van der Waals surface area contributed by atoms with Crippen LogP contribution >= 0.6 is 11.8 Å². The Labute approximate surface area is 139 Å². The van der Waals surface area contributed by atoms with Crippen molar-refractivity contribution in [1.29, 1.82) is 0 Å². The van der Waals surface area contributed by atoms with Crippen LogP contribution in [0.15, 0.2) is 27.8 Å². The fourth-order valence-electron chi connectivity index (χ4n) is 2.53. The molecule has 0 spiro atoms. The van der Waals surface area contributed by atoms with Crippen LogP contribution in [0, 0.1) is 0 Å². The van der Waals surface area contributed by atoms with Crippen molar-refractivity contribution in [2.75, 3.05) is 12.0 Å². The van der Waals surface area contributed by atoms with Crippen LogP contribution in [0.3, 0.4) is 0 Å². The third kappa shape index (κ3) is 2.90. The molecule has 0 bridgehead atoms. The summed E-state index contributed by atoms with van der Waals surface area (Å²) in [4.78, 5) is 45.0. The lowest BCUT2D eigenvalue weighted by atomic mass is 10.1. The lowest BCUT2D eigenvalue weighted by molar-refractivity contribution is 0.0697. The van der Waals surface area contributed by atoms with Crippen molar-refractivity contribution >= 4 is 28.8 Å². The number of carbonyl (C=O) groups is 1. The fourth-order valence-corrected chi connectivity index (χ4v) is 2.94. The first-order valence-corrected chi connectivity index (χ1v) is 8.57. The lowest BCUT2D eigenvalue weighted by Gasteiger charge is -2.16. The van der Waals surface area contributed by atoms with E-state index in [1.54, 1.807) is 22.4 Å². The number of carboxylic acids is 1. The Bertz CT molecular complexity index is 1010. The summed E-state index contributed by atoms with van der Waals surface area (Å²) in [6.07, 6.45) is 2.80. The summed E-state index contributed by atoms with van der Waals surface area (Å²) < 4.78 is 1.75. The maximum absolute atomic E-state index is 12.1. The maximum Gasteiger partial charge on any atom is 0.349 e. The highest BCUT2D eigenvalue weighted by molar-refractivity contribution is 7.98. The van der Waals surface area contributed by atoms with Gasteiger partial charge in [-0.15, -0.1) is 0 Å². The third-order valence-corrected chi connectivity index (χ3v) is 4.28. The van der Waals surface area contributed by atoms with E-state index < -0.39 is 17.2 Å². The molecule has 2 N–H and O–H groups in total. The standard InChI is InChI=1S/C15H14N4O4S/c1-24-6-2-5-19-10-4-3-8(14(21)22)7-9(10)16-11-12(19)17-15(23)18-13(11)20/h3-4,7H,2,5-6H2,1H3,(H,21,22)(H,18,20,23). The van der Waals surface area contributed by atoms with Crippen LogP contribution in [-0.2, 0) is 6.54 Å². The highest BCUT2D eigenvalue weighted by atomic mass is 32.2. The average Bonchev–Trinajstić information content (AvgIpc) is 2.54. The van der Waals surface area contributed by atoms with Crippen molar-refractivity contribution < 1.29 is 9.90 Å². The highest BCUT2D eigenvalue weighted by Crippen LogP contribution is 2.22. The molecule has 2 aliphatic rings. The Balaban J connectivity index is 2.33. The smallest absolute Gasteiger partial charge is 0.349 e. The van der Waals surface area contributed by atoms with E-state index in [4.69, 9.17) is 5.11 Å². The van der Waals surface area contributed by atoms with E-state index in [0.717, 1.165) is 12.2 Å². The molecule has 3 rings (SSSR count). The van der Waals surface area contributed by atoms with E-state index >= 15 is 0 Å². The number of H-pyrrole nitrogens is 1. The number of carboxylic acid groups (broad SMARTS) is 1. The van der Waals surface area contributed by atoms with Crippen LogP contribution in [0.25, 0.3) is 22.6 Å². The maximum atomic E-state index is 12.1. The zero-order valence-electron chi connectivity index (χ0n) is 12.8. The molecule has 0 amide bonds. The number of aryl methyl sites for hydroxylation is 1. The molecule has 124 valence electrons. The summed E-state index contributed by atoms with van der Waals surface area (Å²) in [7, 11) is 0. The van der Waals surface area contributed by atoms with Crippen molar-refractivity contribution in [2.24, 2.45) is 0 Å². The number of aromatic amines is 1. The number of hydrogen-bond acceptors (Lipinski definition) is 6. The second-order valence-corrected chi connectivity index (χ2v) is 6.15. The van der Waals surface area contributed by atoms with E-state index in [1.807, 2.05) is 6.26 Å². The normalized spacial score (nSPS) is 11.2. The average molecular weight is 346 g/mol. The topological polar surface area (TPSA) is 118 Å². The zero-order valence-corrected chi connectivity index (χ0v) is 13.6. The van der Waals surface area contributed by atoms with Crippen LogP contribution in [-0.4, -0.2) is 42.6 Å². The van der Waals surface area contributed by atoms with Gasteiger partial charge in [0.25, 0.3) is 5.56 Å². The van der Waals surface area contributed by atoms with Gasteiger partial charge in [-0.3, -0.25) is 9.78 Å². The van der Waals surface area contributed by atoms with Gasteiger partial charge in [-0.05, 0) is 36.6 Å². The largest absolute Gasteiger partial charge is 0.478 e. The number of benzene rings is 1. The van der Waals surface area contributed by atoms with Crippen molar-refractivity contribution in [1.82, 2.24) is 19.5 Å². The van der Waals surface area contributed by atoms with Gasteiger partial charge in [0.1, 0.15) is 0 Å². The van der Waals surface area contributed by atoms with Gasteiger partial charge >= 0.3 is 11.7 Å². The molecule has 2 heterocycles.